The van der Waals surface area contributed by atoms with E-state index in [0.717, 1.165) is 5.56 Å². The maximum Gasteiger partial charge on any atom is 0.410 e. The number of alkyl halides is 3. The zero-order valence-corrected chi connectivity index (χ0v) is 17.1. The van der Waals surface area contributed by atoms with Gasteiger partial charge in [-0.15, -0.1) is 4.72 Å². The topological polar surface area (TPSA) is 64.6 Å². The van der Waals surface area contributed by atoms with Gasteiger partial charge in [-0.3, -0.25) is 0 Å². The zero-order valence-electron chi connectivity index (χ0n) is 16.3. The van der Waals surface area contributed by atoms with Crippen LogP contribution in [0.4, 0.5) is 18.0 Å². The average molecular weight is 420 g/mol. The number of amides is 1. The predicted molar refractivity (Wildman–Crippen MR) is 102 cm³/mol. The van der Waals surface area contributed by atoms with Gasteiger partial charge < -0.3 is 14.2 Å². The number of halogens is 3. The van der Waals surface area contributed by atoms with E-state index >= 15 is 0 Å². The van der Waals surface area contributed by atoms with E-state index in [9.17, 15) is 22.5 Å². The lowest BCUT2D eigenvalue weighted by molar-refractivity contribution is -0.166. The van der Waals surface area contributed by atoms with Crippen LogP contribution < -0.4 is 4.72 Å². The molecule has 1 amide bonds. The molecule has 1 aromatic carbocycles. The van der Waals surface area contributed by atoms with E-state index in [1.165, 1.54) is 4.90 Å². The Morgan fingerprint density at radius 1 is 1.32 bits per heavy atom. The van der Waals surface area contributed by atoms with Crippen molar-refractivity contribution in [3.8, 4) is 0 Å². The third-order valence-electron chi connectivity index (χ3n) is 4.54. The monoisotopic (exact) mass is 420 g/mol. The van der Waals surface area contributed by atoms with Gasteiger partial charge in [0.2, 0.25) is 0 Å². The minimum Gasteiger partial charge on any atom is -0.598 e. The van der Waals surface area contributed by atoms with Crippen molar-refractivity contribution in [2.75, 3.05) is 13.1 Å². The van der Waals surface area contributed by atoms with Crippen molar-refractivity contribution in [3.63, 3.8) is 0 Å². The van der Waals surface area contributed by atoms with Crippen LogP contribution in [0.3, 0.4) is 0 Å². The smallest absolute Gasteiger partial charge is 0.410 e. The van der Waals surface area contributed by atoms with Crippen LogP contribution in [0.5, 0.6) is 0 Å². The van der Waals surface area contributed by atoms with Gasteiger partial charge in [0.25, 0.3) is 0 Å². The average Bonchev–Trinajstić information content (AvgIpc) is 2.63. The SMILES string of the molecule is CC(C)(C)[S@+]([O-])N[C@H](C1CCCN(C(=O)OCc2ccccc2)C1)C(F)(F)F. The minimum absolute atomic E-state index is 0.0653. The van der Waals surface area contributed by atoms with Crippen LogP contribution in [0.25, 0.3) is 0 Å². The molecule has 1 fully saturated rings. The number of piperidine rings is 1. The van der Waals surface area contributed by atoms with Crippen LogP contribution in [0.2, 0.25) is 0 Å². The molecule has 1 heterocycles. The highest BCUT2D eigenvalue weighted by Crippen LogP contribution is 2.33. The van der Waals surface area contributed by atoms with Crippen molar-refractivity contribution in [2.45, 2.75) is 57.2 Å². The Hall–Kier alpha value is -1.45. The molecule has 1 aromatic rings. The molecule has 2 rings (SSSR count). The lowest BCUT2D eigenvalue weighted by atomic mass is 9.91. The van der Waals surface area contributed by atoms with Crippen LogP contribution >= 0.6 is 0 Å². The Bertz CT molecular complexity index is 638. The van der Waals surface area contributed by atoms with Crippen LogP contribution in [0.1, 0.15) is 39.2 Å². The second kappa shape index (κ2) is 9.37. The molecule has 0 aromatic heterocycles. The van der Waals surface area contributed by atoms with E-state index in [4.69, 9.17) is 4.74 Å². The molecule has 9 heteroatoms. The Balaban J connectivity index is 2.01. The van der Waals surface area contributed by atoms with E-state index in [-0.39, 0.29) is 13.2 Å². The van der Waals surface area contributed by atoms with E-state index in [1.807, 2.05) is 18.2 Å². The summed E-state index contributed by atoms with van der Waals surface area (Å²) in [5, 5.41) is 0. The van der Waals surface area contributed by atoms with Crippen molar-refractivity contribution in [1.82, 2.24) is 9.62 Å². The van der Waals surface area contributed by atoms with Gasteiger partial charge >= 0.3 is 12.3 Å². The van der Waals surface area contributed by atoms with E-state index in [2.05, 4.69) is 4.72 Å². The Morgan fingerprint density at radius 3 is 2.54 bits per heavy atom. The van der Waals surface area contributed by atoms with Gasteiger partial charge in [-0.05, 0) is 39.2 Å². The standard InChI is InChI=1S/C19H27F3N2O3S/c1-18(2,3)28(26)23-16(19(20,21)22)15-10-7-11-24(12-15)17(25)27-13-14-8-5-4-6-9-14/h4-6,8-9,15-16,23H,7,10-13H2,1-3H3/t15?,16-,28+/m1/s1. The zero-order chi connectivity index (χ0) is 20.9. The number of hydrogen-bond donors (Lipinski definition) is 1. The molecule has 1 N–H and O–H groups in total. The van der Waals surface area contributed by atoms with Crippen molar-refractivity contribution >= 4 is 17.5 Å². The number of carbonyl (C=O) groups excluding carboxylic acids is 1. The van der Waals surface area contributed by atoms with Crippen molar-refractivity contribution in [3.05, 3.63) is 35.9 Å². The molecule has 28 heavy (non-hydrogen) atoms. The summed E-state index contributed by atoms with van der Waals surface area (Å²) >= 11 is -1.87. The molecule has 0 radical (unpaired) electrons. The molecular formula is C19H27F3N2O3S. The van der Waals surface area contributed by atoms with Crippen molar-refractivity contribution in [2.24, 2.45) is 5.92 Å². The largest absolute Gasteiger partial charge is 0.598 e. The van der Waals surface area contributed by atoms with E-state index in [1.54, 1.807) is 32.9 Å². The Labute approximate surface area is 166 Å². The van der Waals surface area contributed by atoms with Crippen LogP contribution in [-0.2, 0) is 22.7 Å². The van der Waals surface area contributed by atoms with E-state index < -0.39 is 40.3 Å². The Kier molecular flexibility index (Phi) is 7.64. The first kappa shape index (κ1) is 22.8. The number of nitrogens with one attached hydrogen (secondary N) is 1. The number of likely N-dealkylation sites (tertiary alicyclic amines) is 1. The van der Waals surface area contributed by atoms with Gasteiger partial charge in [0, 0.05) is 30.4 Å². The summed E-state index contributed by atoms with van der Waals surface area (Å²) in [7, 11) is 0. The molecule has 1 saturated heterocycles. The first-order valence-corrected chi connectivity index (χ1v) is 10.3. The van der Waals surface area contributed by atoms with Gasteiger partial charge in [0.1, 0.15) is 11.4 Å². The lowest BCUT2D eigenvalue weighted by Gasteiger charge is -2.38. The summed E-state index contributed by atoms with van der Waals surface area (Å²) in [6.07, 6.45) is -4.48. The summed E-state index contributed by atoms with van der Waals surface area (Å²) < 4.78 is 59.8. The van der Waals surface area contributed by atoms with Gasteiger partial charge in [-0.25, -0.2) is 4.79 Å². The molecule has 1 unspecified atom stereocenters. The summed E-state index contributed by atoms with van der Waals surface area (Å²) in [5.41, 5.74) is 0.805. The van der Waals surface area contributed by atoms with Crippen LogP contribution in [0.15, 0.2) is 30.3 Å². The number of carbonyl (C=O) groups is 1. The molecular weight excluding hydrogens is 393 g/mol. The highest BCUT2D eigenvalue weighted by atomic mass is 32.2. The third-order valence-corrected chi connectivity index (χ3v) is 6.12. The maximum atomic E-state index is 13.6. The molecule has 158 valence electrons. The minimum atomic E-state index is -4.57. The molecule has 0 saturated carbocycles. The molecule has 5 nitrogen and oxygen atoms in total. The number of rotatable bonds is 5. The number of benzene rings is 1. The second-order valence-electron chi connectivity index (χ2n) is 7.91. The van der Waals surface area contributed by atoms with Crippen molar-refractivity contribution < 1.29 is 27.3 Å². The first-order valence-electron chi connectivity index (χ1n) is 9.19. The molecule has 1 aliphatic rings. The fraction of sp³-hybridized carbons (Fsp3) is 0.632. The predicted octanol–water partition coefficient (Wildman–Crippen LogP) is 4.02. The Morgan fingerprint density at radius 2 is 1.96 bits per heavy atom. The normalized spacial score (nSPS) is 20.5. The number of ether oxygens (including phenoxy) is 1. The highest BCUT2D eigenvalue weighted by molar-refractivity contribution is 7.90. The lowest BCUT2D eigenvalue weighted by Crippen LogP contribution is -2.57. The highest BCUT2D eigenvalue weighted by Gasteiger charge is 2.50. The molecule has 0 spiro atoms. The summed E-state index contributed by atoms with van der Waals surface area (Å²) in [4.78, 5) is 13.6. The fourth-order valence-corrected chi connectivity index (χ4v) is 3.89. The number of nitrogens with zero attached hydrogens (tertiary/aromatic N) is 1. The summed E-state index contributed by atoms with van der Waals surface area (Å²) in [6.45, 7) is 5.14. The van der Waals surface area contributed by atoms with Gasteiger partial charge in [0.15, 0.2) is 6.04 Å². The summed E-state index contributed by atoms with van der Waals surface area (Å²) in [6, 6.07) is 7.13. The van der Waals surface area contributed by atoms with Gasteiger partial charge in [0.05, 0.1) is 0 Å². The summed E-state index contributed by atoms with van der Waals surface area (Å²) in [5.74, 6) is -0.885. The van der Waals surface area contributed by atoms with Crippen LogP contribution in [-0.4, -0.2) is 45.6 Å². The quantitative estimate of drug-likeness (QED) is 0.731. The third kappa shape index (κ3) is 6.56. The van der Waals surface area contributed by atoms with E-state index in [0.29, 0.717) is 19.4 Å². The number of hydrogen-bond acceptors (Lipinski definition) is 4. The first-order chi connectivity index (χ1) is 13.0. The molecule has 0 bridgehead atoms. The molecule has 1 aliphatic heterocycles. The van der Waals surface area contributed by atoms with Gasteiger partial charge in [-0.2, -0.15) is 13.2 Å². The fourth-order valence-electron chi connectivity index (χ4n) is 2.98. The molecule has 0 aliphatic carbocycles. The second-order valence-corrected chi connectivity index (χ2v) is 9.90. The van der Waals surface area contributed by atoms with Crippen LogP contribution in [0, 0.1) is 5.92 Å². The van der Waals surface area contributed by atoms with Gasteiger partial charge in [-0.1, -0.05) is 30.3 Å². The van der Waals surface area contributed by atoms with Crippen molar-refractivity contribution in [1.29, 1.82) is 0 Å². The maximum absolute atomic E-state index is 13.6. The molecule has 3 atom stereocenters.